The van der Waals surface area contributed by atoms with E-state index in [2.05, 4.69) is 10.1 Å². The standard InChI is InChI=1S/C17H11Cl2FN2O3/c1-9-4-2-3-5-10(9)16-21-15(25-22-16)8-24-17(23)11-6-14(20)13(19)7-12(11)18/h2-7H,8H2,1H3. The van der Waals surface area contributed by atoms with Gasteiger partial charge in [-0.15, -0.1) is 0 Å². The number of aryl methyl sites for hydroxylation is 1. The van der Waals surface area contributed by atoms with Crippen LogP contribution >= 0.6 is 23.2 Å². The third kappa shape index (κ3) is 3.81. The molecule has 0 amide bonds. The average Bonchev–Trinajstić information content (AvgIpc) is 3.05. The van der Waals surface area contributed by atoms with Crippen molar-refractivity contribution in [3.05, 3.63) is 69.3 Å². The SMILES string of the molecule is Cc1ccccc1-c1noc(COC(=O)c2cc(F)c(Cl)cc2Cl)n1. The number of benzene rings is 2. The molecule has 0 atom stereocenters. The number of esters is 1. The van der Waals surface area contributed by atoms with Crippen molar-refractivity contribution >= 4 is 29.2 Å². The largest absolute Gasteiger partial charge is 0.452 e. The quantitative estimate of drug-likeness (QED) is 0.478. The summed E-state index contributed by atoms with van der Waals surface area (Å²) >= 11 is 11.5. The van der Waals surface area contributed by atoms with Gasteiger partial charge < -0.3 is 9.26 Å². The van der Waals surface area contributed by atoms with Crippen LogP contribution in [0, 0.1) is 12.7 Å². The Hall–Kier alpha value is -2.44. The lowest BCUT2D eigenvalue weighted by molar-refractivity contribution is 0.0429. The van der Waals surface area contributed by atoms with Crippen molar-refractivity contribution in [3.8, 4) is 11.4 Å². The molecule has 0 aliphatic heterocycles. The normalized spacial score (nSPS) is 10.7. The molecule has 5 nitrogen and oxygen atoms in total. The smallest absolute Gasteiger partial charge is 0.340 e. The van der Waals surface area contributed by atoms with E-state index in [4.69, 9.17) is 32.5 Å². The van der Waals surface area contributed by atoms with Gasteiger partial charge in [0.05, 0.1) is 15.6 Å². The van der Waals surface area contributed by atoms with Crippen molar-refractivity contribution in [2.75, 3.05) is 0 Å². The predicted octanol–water partition coefficient (Wildman–Crippen LogP) is 4.85. The second kappa shape index (κ2) is 7.21. The molecule has 0 fully saturated rings. The van der Waals surface area contributed by atoms with E-state index in [-0.39, 0.29) is 28.1 Å². The van der Waals surface area contributed by atoms with Gasteiger partial charge in [0.25, 0.3) is 5.89 Å². The van der Waals surface area contributed by atoms with Gasteiger partial charge in [-0.05, 0) is 24.6 Å². The molecule has 25 heavy (non-hydrogen) atoms. The van der Waals surface area contributed by atoms with Crippen LogP contribution in [0.2, 0.25) is 10.0 Å². The molecule has 0 radical (unpaired) electrons. The number of aromatic nitrogens is 2. The molecule has 128 valence electrons. The van der Waals surface area contributed by atoms with Gasteiger partial charge in [0, 0.05) is 5.56 Å². The van der Waals surface area contributed by atoms with Crippen LogP contribution in [-0.4, -0.2) is 16.1 Å². The van der Waals surface area contributed by atoms with E-state index in [0.717, 1.165) is 23.3 Å². The number of carbonyl (C=O) groups is 1. The molecule has 0 saturated heterocycles. The molecule has 0 aliphatic carbocycles. The molecule has 0 saturated carbocycles. The fourth-order valence-electron chi connectivity index (χ4n) is 2.13. The molecular weight excluding hydrogens is 370 g/mol. The highest BCUT2D eigenvalue weighted by Gasteiger charge is 2.17. The Morgan fingerprint density at radius 3 is 2.76 bits per heavy atom. The van der Waals surface area contributed by atoms with Crippen LogP contribution in [0.4, 0.5) is 4.39 Å². The Balaban J connectivity index is 1.72. The van der Waals surface area contributed by atoms with Gasteiger partial charge in [-0.3, -0.25) is 0 Å². The first-order valence-corrected chi connectivity index (χ1v) is 7.91. The molecule has 0 N–H and O–H groups in total. The topological polar surface area (TPSA) is 65.2 Å². The predicted molar refractivity (Wildman–Crippen MR) is 90.0 cm³/mol. The first-order chi connectivity index (χ1) is 12.0. The van der Waals surface area contributed by atoms with Gasteiger partial charge >= 0.3 is 5.97 Å². The molecule has 0 aliphatic rings. The van der Waals surface area contributed by atoms with Crippen LogP contribution in [0.25, 0.3) is 11.4 Å². The van der Waals surface area contributed by atoms with E-state index in [9.17, 15) is 9.18 Å². The van der Waals surface area contributed by atoms with Crippen LogP contribution < -0.4 is 0 Å². The fourth-order valence-corrected chi connectivity index (χ4v) is 2.59. The van der Waals surface area contributed by atoms with Crippen molar-refractivity contribution in [2.45, 2.75) is 13.5 Å². The van der Waals surface area contributed by atoms with E-state index < -0.39 is 11.8 Å². The monoisotopic (exact) mass is 380 g/mol. The third-order valence-corrected chi connectivity index (χ3v) is 4.01. The van der Waals surface area contributed by atoms with Crippen molar-refractivity contribution in [1.82, 2.24) is 10.1 Å². The lowest BCUT2D eigenvalue weighted by Gasteiger charge is -2.05. The lowest BCUT2D eigenvalue weighted by atomic mass is 10.1. The van der Waals surface area contributed by atoms with E-state index in [0.29, 0.717) is 5.82 Å². The number of rotatable bonds is 4. The second-order valence-electron chi connectivity index (χ2n) is 5.15. The van der Waals surface area contributed by atoms with Crippen LogP contribution in [-0.2, 0) is 11.3 Å². The molecule has 8 heteroatoms. The zero-order valence-electron chi connectivity index (χ0n) is 12.9. The maximum absolute atomic E-state index is 13.5. The van der Waals surface area contributed by atoms with E-state index in [1.54, 1.807) is 0 Å². The minimum absolute atomic E-state index is 0.0115. The molecule has 1 aromatic heterocycles. The minimum atomic E-state index is -0.823. The van der Waals surface area contributed by atoms with Crippen LogP contribution in [0.5, 0.6) is 0 Å². The highest BCUT2D eigenvalue weighted by Crippen LogP contribution is 2.25. The van der Waals surface area contributed by atoms with E-state index in [1.165, 1.54) is 0 Å². The van der Waals surface area contributed by atoms with Gasteiger partial charge in [-0.1, -0.05) is 52.6 Å². The molecule has 1 heterocycles. The Kier molecular flexibility index (Phi) is 5.01. The second-order valence-corrected chi connectivity index (χ2v) is 5.96. The first kappa shape index (κ1) is 17.4. The maximum atomic E-state index is 13.5. The summed E-state index contributed by atoms with van der Waals surface area (Å²) in [4.78, 5) is 16.2. The highest BCUT2D eigenvalue weighted by atomic mass is 35.5. The summed E-state index contributed by atoms with van der Waals surface area (Å²) in [5.41, 5.74) is 1.66. The molecule has 0 unspecified atom stereocenters. The number of ether oxygens (including phenoxy) is 1. The van der Waals surface area contributed by atoms with E-state index >= 15 is 0 Å². The Morgan fingerprint density at radius 1 is 1.24 bits per heavy atom. The molecular formula is C17H11Cl2FN2O3. The summed E-state index contributed by atoms with van der Waals surface area (Å²) in [7, 11) is 0. The van der Waals surface area contributed by atoms with Gasteiger partial charge in [0.1, 0.15) is 5.82 Å². The summed E-state index contributed by atoms with van der Waals surface area (Å²) in [6.45, 7) is 1.65. The first-order valence-electron chi connectivity index (χ1n) is 7.16. The average molecular weight is 381 g/mol. The van der Waals surface area contributed by atoms with Gasteiger partial charge in [0.15, 0.2) is 6.61 Å². The summed E-state index contributed by atoms with van der Waals surface area (Å²) in [5.74, 6) is -1.09. The lowest BCUT2D eigenvalue weighted by Crippen LogP contribution is -2.07. The number of hydrogen-bond donors (Lipinski definition) is 0. The molecule has 3 aromatic rings. The summed E-state index contributed by atoms with van der Waals surface area (Å²) in [6.07, 6.45) is 0. The zero-order valence-corrected chi connectivity index (χ0v) is 14.4. The van der Waals surface area contributed by atoms with Crippen LogP contribution in [0.3, 0.4) is 0 Å². The number of carbonyl (C=O) groups excluding carboxylic acids is 1. The minimum Gasteiger partial charge on any atom is -0.452 e. The van der Waals surface area contributed by atoms with Crippen molar-refractivity contribution < 1.29 is 18.4 Å². The van der Waals surface area contributed by atoms with Gasteiger partial charge in [-0.2, -0.15) is 4.98 Å². The van der Waals surface area contributed by atoms with Crippen molar-refractivity contribution in [2.24, 2.45) is 0 Å². The number of nitrogens with zero attached hydrogens (tertiary/aromatic N) is 2. The molecule has 0 bridgehead atoms. The number of halogens is 3. The van der Waals surface area contributed by atoms with Gasteiger partial charge in [-0.25, -0.2) is 9.18 Å². The van der Waals surface area contributed by atoms with Crippen LogP contribution in [0.15, 0.2) is 40.9 Å². The Labute approximate surface area is 152 Å². The van der Waals surface area contributed by atoms with Crippen LogP contribution in [0.1, 0.15) is 21.8 Å². The molecule has 3 rings (SSSR count). The van der Waals surface area contributed by atoms with Crippen molar-refractivity contribution in [1.29, 1.82) is 0 Å². The third-order valence-electron chi connectivity index (χ3n) is 3.41. The van der Waals surface area contributed by atoms with E-state index in [1.807, 2.05) is 31.2 Å². The molecule has 2 aromatic carbocycles. The Morgan fingerprint density at radius 2 is 2.00 bits per heavy atom. The Bertz CT molecular complexity index is 943. The summed E-state index contributed by atoms with van der Waals surface area (Å²) in [5, 5.41) is 3.67. The van der Waals surface area contributed by atoms with Crippen molar-refractivity contribution in [3.63, 3.8) is 0 Å². The highest BCUT2D eigenvalue weighted by molar-refractivity contribution is 6.36. The summed E-state index contributed by atoms with van der Waals surface area (Å²) < 4.78 is 23.6. The van der Waals surface area contributed by atoms with Gasteiger partial charge in [0.2, 0.25) is 5.82 Å². The molecule has 0 spiro atoms. The summed E-state index contributed by atoms with van der Waals surface area (Å²) in [6, 6.07) is 9.58. The zero-order chi connectivity index (χ0) is 18.0. The fraction of sp³-hybridized carbons (Fsp3) is 0.118. The number of hydrogen-bond acceptors (Lipinski definition) is 5. The maximum Gasteiger partial charge on any atom is 0.340 e.